The molecule has 1 aromatic carbocycles. The Hall–Kier alpha value is -1.91. The van der Waals surface area contributed by atoms with Crippen molar-refractivity contribution in [3.63, 3.8) is 0 Å². The highest BCUT2D eigenvalue weighted by Crippen LogP contribution is 2.21. The summed E-state index contributed by atoms with van der Waals surface area (Å²) in [4.78, 5) is 4.14. The standard InChI is InChI=1S/C17H23F2N5O.HI/c1-12-4-5-15(25-16(18)19)14(8-12)10-22-17(20-2)21-7-6-13-9-23-24(3)11-13;/h4-5,8-9,11,16H,6-7,10H2,1-3H3,(H2,20,21,22);1H. The van der Waals surface area contributed by atoms with Gasteiger partial charge < -0.3 is 15.4 Å². The molecule has 2 rings (SSSR count). The number of nitrogens with one attached hydrogen (secondary N) is 2. The van der Waals surface area contributed by atoms with Gasteiger partial charge in [-0.25, -0.2) is 0 Å². The van der Waals surface area contributed by atoms with Gasteiger partial charge in [0.15, 0.2) is 5.96 Å². The largest absolute Gasteiger partial charge is 0.434 e. The molecular formula is C17H24F2IN5O. The third kappa shape index (κ3) is 7.14. The van der Waals surface area contributed by atoms with Crippen molar-refractivity contribution in [1.29, 1.82) is 0 Å². The van der Waals surface area contributed by atoms with E-state index in [0.29, 0.717) is 24.6 Å². The van der Waals surface area contributed by atoms with Crippen LogP contribution in [0.25, 0.3) is 0 Å². The summed E-state index contributed by atoms with van der Waals surface area (Å²) in [6.07, 6.45) is 4.58. The summed E-state index contributed by atoms with van der Waals surface area (Å²) >= 11 is 0. The van der Waals surface area contributed by atoms with E-state index in [1.165, 1.54) is 0 Å². The summed E-state index contributed by atoms with van der Waals surface area (Å²) in [7, 11) is 3.53. The molecule has 9 heteroatoms. The fourth-order valence-corrected chi connectivity index (χ4v) is 2.38. The molecule has 26 heavy (non-hydrogen) atoms. The van der Waals surface area contributed by atoms with Crippen molar-refractivity contribution in [3.8, 4) is 5.75 Å². The summed E-state index contributed by atoms with van der Waals surface area (Å²) in [6, 6.07) is 5.10. The minimum Gasteiger partial charge on any atom is -0.434 e. The van der Waals surface area contributed by atoms with Crippen molar-refractivity contribution < 1.29 is 13.5 Å². The third-order valence-corrected chi connectivity index (χ3v) is 3.57. The Kier molecular flexibility index (Phi) is 9.31. The van der Waals surface area contributed by atoms with Crippen LogP contribution in [0.3, 0.4) is 0 Å². The topological polar surface area (TPSA) is 63.5 Å². The number of hydrogen-bond donors (Lipinski definition) is 2. The lowest BCUT2D eigenvalue weighted by atomic mass is 10.1. The van der Waals surface area contributed by atoms with E-state index in [9.17, 15) is 8.78 Å². The van der Waals surface area contributed by atoms with Crippen molar-refractivity contribution in [2.75, 3.05) is 13.6 Å². The molecule has 144 valence electrons. The Labute approximate surface area is 169 Å². The molecule has 2 N–H and O–H groups in total. The highest BCUT2D eigenvalue weighted by atomic mass is 127. The molecule has 0 radical (unpaired) electrons. The van der Waals surface area contributed by atoms with E-state index in [4.69, 9.17) is 0 Å². The lowest BCUT2D eigenvalue weighted by molar-refractivity contribution is -0.0504. The van der Waals surface area contributed by atoms with Gasteiger partial charge in [-0.1, -0.05) is 17.7 Å². The zero-order valence-electron chi connectivity index (χ0n) is 15.0. The fraction of sp³-hybridized carbons (Fsp3) is 0.412. The number of rotatable bonds is 7. The predicted octanol–water partition coefficient (Wildman–Crippen LogP) is 2.86. The Balaban J connectivity index is 0.00000338. The Morgan fingerprint density at radius 1 is 1.35 bits per heavy atom. The van der Waals surface area contributed by atoms with Crippen LogP contribution in [-0.4, -0.2) is 35.9 Å². The van der Waals surface area contributed by atoms with Crippen molar-refractivity contribution in [2.45, 2.75) is 26.5 Å². The average molecular weight is 479 g/mol. The first-order valence-electron chi connectivity index (χ1n) is 7.94. The molecule has 0 unspecified atom stereocenters. The number of aliphatic imine (C=N–C) groups is 1. The molecular weight excluding hydrogens is 455 g/mol. The number of aromatic nitrogens is 2. The molecule has 0 fully saturated rings. The summed E-state index contributed by atoms with van der Waals surface area (Å²) in [5.41, 5.74) is 2.74. The number of guanidine groups is 1. The van der Waals surface area contributed by atoms with E-state index >= 15 is 0 Å². The second kappa shape index (κ2) is 10.9. The fourth-order valence-electron chi connectivity index (χ4n) is 2.38. The SMILES string of the molecule is CN=C(NCCc1cnn(C)c1)NCc1cc(C)ccc1OC(F)F.I. The van der Waals surface area contributed by atoms with E-state index in [0.717, 1.165) is 17.5 Å². The summed E-state index contributed by atoms with van der Waals surface area (Å²) in [5, 5.41) is 10.4. The zero-order valence-corrected chi connectivity index (χ0v) is 17.3. The maximum Gasteiger partial charge on any atom is 0.387 e. The number of ether oxygens (including phenoxy) is 1. The summed E-state index contributed by atoms with van der Waals surface area (Å²) in [6.45, 7) is 0.0605. The van der Waals surface area contributed by atoms with E-state index < -0.39 is 6.61 Å². The highest BCUT2D eigenvalue weighted by molar-refractivity contribution is 14.0. The minimum atomic E-state index is -2.85. The molecule has 0 amide bonds. The molecule has 1 heterocycles. The quantitative estimate of drug-likeness (QED) is 0.365. The molecule has 0 aliphatic rings. The molecule has 1 aromatic heterocycles. The number of halogens is 3. The molecule has 2 aromatic rings. The monoisotopic (exact) mass is 479 g/mol. The van der Waals surface area contributed by atoms with Gasteiger partial charge in [0.1, 0.15) is 5.75 Å². The lowest BCUT2D eigenvalue weighted by Gasteiger charge is -2.15. The predicted molar refractivity (Wildman–Crippen MR) is 108 cm³/mol. The van der Waals surface area contributed by atoms with Crippen LogP contribution < -0.4 is 15.4 Å². The Morgan fingerprint density at radius 3 is 2.73 bits per heavy atom. The van der Waals surface area contributed by atoms with Crippen LogP contribution in [0.5, 0.6) is 5.75 Å². The Bertz CT molecular complexity index is 721. The number of hydrogen-bond acceptors (Lipinski definition) is 3. The number of benzene rings is 1. The van der Waals surface area contributed by atoms with Gasteiger partial charge in [0.2, 0.25) is 0 Å². The third-order valence-electron chi connectivity index (χ3n) is 3.57. The minimum absolute atomic E-state index is 0. The summed E-state index contributed by atoms with van der Waals surface area (Å²) in [5.74, 6) is 0.757. The van der Waals surface area contributed by atoms with Crippen LogP contribution in [0, 0.1) is 6.92 Å². The first kappa shape index (κ1) is 22.1. The van der Waals surface area contributed by atoms with Gasteiger partial charge in [0.05, 0.1) is 6.20 Å². The van der Waals surface area contributed by atoms with Gasteiger partial charge in [-0.05, 0) is 25.0 Å². The molecule has 0 saturated carbocycles. The smallest absolute Gasteiger partial charge is 0.387 e. The molecule has 0 spiro atoms. The van der Waals surface area contributed by atoms with E-state index in [1.54, 1.807) is 23.9 Å². The molecule has 0 aliphatic carbocycles. The van der Waals surface area contributed by atoms with E-state index in [-0.39, 0.29) is 29.7 Å². The molecule has 0 bridgehead atoms. The number of aryl methyl sites for hydroxylation is 2. The molecule has 0 saturated heterocycles. The van der Waals surface area contributed by atoms with Gasteiger partial charge in [-0.15, -0.1) is 24.0 Å². The van der Waals surface area contributed by atoms with Crippen LogP contribution in [0.15, 0.2) is 35.6 Å². The van der Waals surface area contributed by atoms with Gasteiger partial charge in [0, 0.05) is 38.9 Å². The van der Waals surface area contributed by atoms with Crippen LogP contribution in [0.1, 0.15) is 16.7 Å². The van der Waals surface area contributed by atoms with Crippen LogP contribution >= 0.6 is 24.0 Å². The maximum absolute atomic E-state index is 12.5. The van der Waals surface area contributed by atoms with Crippen molar-refractivity contribution in [1.82, 2.24) is 20.4 Å². The van der Waals surface area contributed by atoms with E-state index in [1.807, 2.05) is 32.4 Å². The maximum atomic E-state index is 12.5. The average Bonchev–Trinajstić information content (AvgIpc) is 2.98. The lowest BCUT2D eigenvalue weighted by Crippen LogP contribution is -2.38. The highest BCUT2D eigenvalue weighted by Gasteiger charge is 2.10. The first-order valence-corrected chi connectivity index (χ1v) is 7.94. The van der Waals surface area contributed by atoms with Crippen LogP contribution in [-0.2, 0) is 20.0 Å². The van der Waals surface area contributed by atoms with Gasteiger partial charge in [-0.2, -0.15) is 13.9 Å². The van der Waals surface area contributed by atoms with Crippen LogP contribution in [0.4, 0.5) is 8.78 Å². The second-order valence-electron chi connectivity index (χ2n) is 5.61. The zero-order chi connectivity index (χ0) is 18.2. The van der Waals surface area contributed by atoms with Crippen molar-refractivity contribution in [2.24, 2.45) is 12.0 Å². The van der Waals surface area contributed by atoms with Crippen molar-refractivity contribution >= 4 is 29.9 Å². The molecule has 0 atom stereocenters. The number of alkyl halides is 2. The van der Waals surface area contributed by atoms with Gasteiger partial charge in [0.25, 0.3) is 0 Å². The van der Waals surface area contributed by atoms with Crippen LogP contribution in [0.2, 0.25) is 0 Å². The van der Waals surface area contributed by atoms with Crippen molar-refractivity contribution in [3.05, 3.63) is 47.3 Å². The van der Waals surface area contributed by atoms with Gasteiger partial charge in [-0.3, -0.25) is 9.67 Å². The second-order valence-corrected chi connectivity index (χ2v) is 5.61. The number of nitrogens with zero attached hydrogens (tertiary/aromatic N) is 3. The Morgan fingerprint density at radius 2 is 2.12 bits per heavy atom. The molecule has 0 aliphatic heterocycles. The first-order chi connectivity index (χ1) is 12.0. The summed E-state index contributed by atoms with van der Waals surface area (Å²) < 4.78 is 31.3. The molecule has 6 nitrogen and oxygen atoms in total. The normalized spacial score (nSPS) is 11.2. The van der Waals surface area contributed by atoms with Gasteiger partial charge >= 0.3 is 6.61 Å². The van der Waals surface area contributed by atoms with E-state index in [2.05, 4.69) is 25.5 Å².